The van der Waals surface area contributed by atoms with E-state index in [0.717, 1.165) is 5.52 Å². The molecule has 1 heterocycles. The van der Waals surface area contributed by atoms with E-state index in [1.807, 2.05) is 0 Å². The number of aryl methyl sites for hydroxylation is 1. The number of ether oxygens (including phenoxy) is 1. The average Bonchev–Trinajstić information content (AvgIpc) is 2.75. The number of benzene rings is 1. The second-order valence-electron chi connectivity index (χ2n) is 4.31. The summed E-state index contributed by atoms with van der Waals surface area (Å²) < 4.78 is 6.70. The Balaban J connectivity index is 2.58. The van der Waals surface area contributed by atoms with E-state index in [1.54, 1.807) is 30.8 Å². The van der Waals surface area contributed by atoms with Gasteiger partial charge in [0.05, 0.1) is 17.1 Å². The van der Waals surface area contributed by atoms with Crippen LogP contribution in [0.5, 0.6) is 0 Å². The molecule has 0 fully saturated rings. The van der Waals surface area contributed by atoms with E-state index < -0.39 is 10.9 Å². The highest BCUT2D eigenvalue weighted by atomic mass is 16.6. The van der Waals surface area contributed by atoms with Crippen molar-refractivity contribution in [2.75, 3.05) is 6.61 Å². The summed E-state index contributed by atoms with van der Waals surface area (Å²) in [5.41, 5.74) is 1.50. The first-order valence-electron chi connectivity index (χ1n) is 6.05. The monoisotopic (exact) mass is 274 g/mol. The van der Waals surface area contributed by atoms with E-state index in [1.165, 1.54) is 12.1 Å². The van der Waals surface area contributed by atoms with Gasteiger partial charge in [-0.1, -0.05) is 6.58 Å². The van der Waals surface area contributed by atoms with E-state index in [2.05, 4.69) is 6.58 Å². The third kappa shape index (κ3) is 2.27. The third-order valence-corrected chi connectivity index (χ3v) is 3.03. The van der Waals surface area contributed by atoms with Crippen molar-refractivity contribution in [3.63, 3.8) is 0 Å². The van der Waals surface area contributed by atoms with Crippen molar-refractivity contribution >= 4 is 28.1 Å². The van der Waals surface area contributed by atoms with Crippen LogP contribution < -0.4 is 0 Å². The SMILES string of the molecule is C=C(C(=O)OCC)c1cn(C)c2ccc([N+](=O)[O-])cc12. The molecular weight excluding hydrogens is 260 g/mol. The topological polar surface area (TPSA) is 74.4 Å². The van der Waals surface area contributed by atoms with Gasteiger partial charge in [0.15, 0.2) is 0 Å². The largest absolute Gasteiger partial charge is 0.462 e. The Morgan fingerprint density at radius 2 is 2.20 bits per heavy atom. The van der Waals surface area contributed by atoms with Gasteiger partial charge in [0, 0.05) is 41.8 Å². The van der Waals surface area contributed by atoms with Crippen LogP contribution in [-0.2, 0) is 16.6 Å². The van der Waals surface area contributed by atoms with Crippen molar-refractivity contribution in [1.82, 2.24) is 4.57 Å². The van der Waals surface area contributed by atoms with Crippen LogP contribution >= 0.6 is 0 Å². The number of fused-ring (bicyclic) bond motifs is 1. The van der Waals surface area contributed by atoms with Crippen LogP contribution in [0.25, 0.3) is 16.5 Å². The highest BCUT2D eigenvalue weighted by Crippen LogP contribution is 2.29. The molecule has 0 saturated heterocycles. The number of hydrogen-bond donors (Lipinski definition) is 0. The number of nitro benzene ring substituents is 1. The number of rotatable bonds is 4. The number of carbonyl (C=O) groups excluding carboxylic acids is 1. The van der Waals surface area contributed by atoms with E-state index in [9.17, 15) is 14.9 Å². The minimum atomic E-state index is -0.522. The molecule has 0 radical (unpaired) electrons. The summed E-state index contributed by atoms with van der Waals surface area (Å²) in [7, 11) is 1.80. The maximum atomic E-state index is 11.8. The number of nitrogens with zero attached hydrogens (tertiary/aromatic N) is 2. The number of non-ortho nitro benzene ring substituents is 1. The lowest BCUT2D eigenvalue weighted by Gasteiger charge is -2.03. The van der Waals surface area contributed by atoms with Crippen LogP contribution in [0.4, 0.5) is 5.69 Å². The molecule has 0 aliphatic carbocycles. The molecule has 0 bridgehead atoms. The fraction of sp³-hybridized carbons (Fsp3) is 0.214. The summed E-state index contributed by atoms with van der Waals surface area (Å²) in [4.78, 5) is 22.1. The van der Waals surface area contributed by atoms with Gasteiger partial charge in [-0.05, 0) is 13.0 Å². The molecule has 0 N–H and O–H groups in total. The second kappa shape index (κ2) is 5.16. The van der Waals surface area contributed by atoms with Gasteiger partial charge in [0.1, 0.15) is 0 Å². The zero-order valence-electron chi connectivity index (χ0n) is 11.3. The van der Waals surface area contributed by atoms with E-state index in [4.69, 9.17) is 4.74 Å². The van der Waals surface area contributed by atoms with Crippen LogP contribution in [0.2, 0.25) is 0 Å². The number of nitro groups is 1. The van der Waals surface area contributed by atoms with E-state index in [-0.39, 0.29) is 17.9 Å². The minimum absolute atomic E-state index is 0.0263. The zero-order chi connectivity index (χ0) is 14.9. The Kier molecular flexibility index (Phi) is 3.56. The van der Waals surface area contributed by atoms with Crippen LogP contribution in [0, 0.1) is 10.1 Å². The van der Waals surface area contributed by atoms with Gasteiger partial charge in [0.2, 0.25) is 0 Å². The van der Waals surface area contributed by atoms with Crippen LogP contribution in [-0.4, -0.2) is 22.1 Å². The van der Waals surface area contributed by atoms with Gasteiger partial charge in [-0.2, -0.15) is 0 Å². The van der Waals surface area contributed by atoms with Crippen molar-refractivity contribution in [1.29, 1.82) is 0 Å². The highest BCUT2D eigenvalue weighted by molar-refractivity contribution is 6.19. The van der Waals surface area contributed by atoms with Crippen molar-refractivity contribution in [3.05, 3.63) is 46.7 Å². The zero-order valence-corrected chi connectivity index (χ0v) is 11.3. The predicted octanol–water partition coefficient (Wildman–Crippen LogP) is 2.66. The first kappa shape index (κ1) is 13.8. The van der Waals surface area contributed by atoms with E-state index >= 15 is 0 Å². The van der Waals surface area contributed by atoms with Crippen molar-refractivity contribution in [2.24, 2.45) is 7.05 Å². The molecule has 0 saturated carbocycles. The highest BCUT2D eigenvalue weighted by Gasteiger charge is 2.18. The Morgan fingerprint density at radius 1 is 1.50 bits per heavy atom. The smallest absolute Gasteiger partial charge is 0.338 e. The molecule has 2 rings (SSSR count). The number of aromatic nitrogens is 1. The molecule has 0 aliphatic rings. The van der Waals surface area contributed by atoms with Gasteiger partial charge in [-0.15, -0.1) is 0 Å². The maximum absolute atomic E-state index is 11.8. The summed E-state index contributed by atoms with van der Waals surface area (Å²) in [6.45, 7) is 5.68. The molecule has 0 aliphatic heterocycles. The molecule has 104 valence electrons. The Bertz CT molecular complexity index is 715. The fourth-order valence-corrected chi connectivity index (χ4v) is 2.06. The van der Waals surface area contributed by atoms with Crippen LogP contribution in [0.3, 0.4) is 0 Å². The number of hydrogen-bond acceptors (Lipinski definition) is 4. The molecule has 0 amide bonds. The molecule has 2 aromatic rings. The summed E-state index contributed by atoms with van der Waals surface area (Å²) >= 11 is 0. The van der Waals surface area contributed by atoms with Gasteiger partial charge in [0.25, 0.3) is 5.69 Å². The molecule has 0 atom stereocenters. The molecule has 0 spiro atoms. The lowest BCUT2D eigenvalue weighted by atomic mass is 10.1. The third-order valence-electron chi connectivity index (χ3n) is 3.03. The molecule has 20 heavy (non-hydrogen) atoms. The fourth-order valence-electron chi connectivity index (χ4n) is 2.06. The minimum Gasteiger partial charge on any atom is -0.462 e. The standard InChI is InChI=1S/C14H14N2O4/c1-4-20-14(17)9(2)12-8-15(3)13-6-5-10(16(18)19)7-11(12)13/h5-8H,2,4H2,1,3H3. The summed E-state index contributed by atoms with van der Waals surface area (Å²) in [6, 6.07) is 4.52. The van der Waals surface area contributed by atoms with E-state index in [0.29, 0.717) is 10.9 Å². The Hall–Kier alpha value is -2.63. The van der Waals surface area contributed by atoms with Crippen molar-refractivity contribution in [3.8, 4) is 0 Å². The summed E-state index contributed by atoms with van der Waals surface area (Å²) in [6.07, 6.45) is 1.72. The molecule has 1 aromatic carbocycles. The second-order valence-corrected chi connectivity index (χ2v) is 4.31. The first-order valence-corrected chi connectivity index (χ1v) is 6.05. The number of carbonyl (C=O) groups is 1. The van der Waals surface area contributed by atoms with Crippen LogP contribution in [0.15, 0.2) is 31.0 Å². The molecule has 0 unspecified atom stereocenters. The van der Waals surface area contributed by atoms with Crippen LogP contribution in [0.1, 0.15) is 12.5 Å². The summed E-state index contributed by atoms with van der Waals surface area (Å²) in [5, 5.41) is 11.5. The average molecular weight is 274 g/mol. The van der Waals surface area contributed by atoms with Gasteiger partial charge in [-0.25, -0.2) is 4.79 Å². The number of esters is 1. The Labute approximate surface area is 115 Å². The maximum Gasteiger partial charge on any atom is 0.338 e. The Morgan fingerprint density at radius 3 is 2.80 bits per heavy atom. The predicted molar refractivity (Wildman–Crippen MR) is 75.2 cm³/mol. The molecular formula is C14H14N2O4. The van der Waals surface area contributed by atoms with Crippen molar-refractivity contribution in [2.45, 2.75) is 6.92 Å². The summed E-state index contributed by atoms with van der Waals surface area (Å²) in [5.74, 6) is -0.522. The van der Waals surface area contributed by atoms with Gasteiger partial charge < -0.3 is 9.30 Å². The quantitative estimate of drug-likeness (QED) is 0.372. The van der Waals surface area contributed by atoms with Gasteiger partial charge >= 0.3 is 5.97 Å². The lowest BCUT2D eigenvalue weighted by Crippen LogP contribution is -2.05. The first-order chi connectivity index (χ1) is 9.45. The molecule has 6 heteroatoms. The molecule has 6 nitrogen and oxygen atoms in total. The van der Waals surface area contributed by atoms with Gasteiger partial charge in [-0.3, -0.25) is 10.1 Å². The molecule has 1 aromatic heterocycles. The lowest BCUT2D eigenvalue weighted by molar-refractivity contribution is -0.384. The van der Waals surface area contributed by atoms with Crippen molar-refractivity contribution < 1.29 is 14.5 Å². The normalized spacial score (nSPS) is 10.5.